The van der Waals surface area contributed by atoms with E-state index in [0.717, 1.165) is 22.5 Å². The maximum Gasteiger partial charge on any atom is 0.272 e. The van der Waals surface area contributed by atoms with Crippen LogP contribution in [0.25, 0.3) is 10.2 Å². The van der Waals surface area contributed by atoms with E-state index in [-0.39, 0.29) is 5.69 Å². The number of benzene rings is 1. The number of rotatable bonds is 3. The Labute approximate surface area is 101 Å². The number of aryl methyl sites for hydroxylation is 1. The van der Waals surface area contributed by atoms with Gasteiger partial charge in [0.15, 0.2) is 0 Å². The van der Waals surface area contributed by atoms with E-state index < -0.39 is 4.92 Å². The van der Waals surface area contributed by atoms with Crippen molar-refractivity contribution in [1.82, 2.24) is 4.98 Å². The molecule has 1 aromatic carbocycles. The number of hydrogen-bond donors (Lipinski definition) is 0. The molecule has 6 heteroatoms. The summed E-state index contributed by atoms with van der Waals surface area (Å²) in [7, 11) is 0. The number of hydrogen-bond acceptors (Lipinski definition) is 4. The van der Waals surface area contributed by atoms with E-state index in [1.807, 2.05) is 0 Å². The number of aromatic nitrogens is 1. The van der Waals surface area contributed by atoms with Crippen molar-refractivity contribution in [3.05, 3.63) is 32.3 Å². The second-order valence-electron chi connectivity index (χ2n) is 3.39. The summed E-state index contributed by atoms with van der Waals surface area (Å²) in [6.07, 6.45) is 1.88. The van der Waals surface area contributed by atoms with Crippen molar-refractivity contribution in [2.24, 2.45) is 0 Å². The standard InChI is InChI=1S/C10H9ClN2O2S/c1-2-3-9-12-10-7(11)4-6(13(14)15)5-8(10)16-9/h4-5H,2-3H2,1H3. The summed E-state index contributed by atoms with van der Waals surface area (Å²) < 4.78 is 0.780. The molecule has 84 valence electrons. The number of thiazole rings is 1. The minimum atomic E-state index is -0.440. The molecule has 1 heterocycles. The van der Waals surface area contributed by atoms with Crippen LogP contribution in [0.4, 0.5) is 5.69 Å². The minimum absolute atomic E-state index is 0.0178. The number of nitro benzene ring substituents is 1. The molecule has 0 unspecified atom stereocenters. The van der Waals surface area contributed by atoms with Gasteiger partial charge in [-0.15, -0.1) is 11.3 Å². The van der Waals surface area contributed by atoms with Crippen molar-refractivity contribution in [3.63, 3.8) is 0 Å². The van der Waals surface area contributed by atoms with Gasteiger partial charge in [0.2, 0.25) is 0 Å². The van der Waals surface area contributed by atoms with Gasteiger partial charge < -0.3 is 0 Å². The van der Waals surface area contributed by atoms with Gasteiger partial charge in [0.1, 0.15) is 5.52 Å². The van der Waals surface area contributed by atoms with Crippen LogP contribution in [0.15, 0.2) is 12.1 Å². The lowest BCUT2D eigenvalue weighted by molar-refractivity contribution is -0.384. The molecule has 4 nitrogen and oxygen atoms in total. The quantitative estimate of drug-likeness (QED) is 0.620. The molecule has 0 amide bonds. The maximum atomic E-state index is 10.7. The van der Waals surface area contributed by atoms with Crippen LogP contribution in [0.1, 0.15) is 18.4 Å². The first-order valence-corrected chi connectivity index (χ1v) is 6.04. The minimum Gasteiger partial charge on any atom is -0.258 e. The smallest absolute Gasteiger partial charge is 0.258 e. The first-order valence-electron chi connectivity index (χ1n) is 4.85. The highest BCUT2D eigenvalue weighted by atomic mass is 35.5. The van der Waals surface area contributed by atoms with Gasteiger partial charge in [-0.3, -0.25) is 10.1 Å². The van der Waals surface area contributed by atoms with Gasteiger partial charge in [-0.2, -0.15) is 0 Å². The van der Waals surface area contributed by atoms with Gasteiger partial charge in [0, 0.05) is 12.1 Å². The predicted molar refractivity (Wildman–Crippen MR) is 65.3 cm³/mol. The van der Waals surface area contributed by atoms with Gasteiger partial charge in [-0.1, -0.05) is 18.5 Å². The van der Waals surface area contributed by atoms with Crippen molar-refractivity contribution in [2.45, 2.75) is 19.8 Å². The second kappa shape index (κ2) is 4.35. The molecule has 0 spiro atoms. The van der Waals surface area contributed by atoms with Crippen molar-refractivity contribution < 1.29 is 4.92 Å². The average Bonchev–Trinajstić information content (AvgIpc) is 2.61. The Morgan fingerprint density at radius 1 is 1.56 bits per heavy atom. The monoisotopic (exact) mass is 256 g/mol. The molecule has 0 aliphatic heterocycles. The zero-order chi connectivity index (χ0) is 11.7. The Morgan fingerprint density at radius 2 is 2.31 bits per heavy atom. The van der Waals surface area contributed by atoms with Crippen LogP contribution in [0.2, 0.25) is 5.02 Å². The highest BCUT2D eigenvalue weighted by Gasteiger charge is 2.14. The molecular weight excluding hydrogens is 248 g/mol. The predicted octanol–water partition coefficient (Wildman–Crippen LogP) is 3.81. The molecular formula is C10H9ClN2O2S. The third-order valence-electron chi connectivity index (χ3n) is 2.15. The zero-order valence-corrected chi connectivity index (χ0v) is 10.1. The molecule has 0 saturated heterocycles. The Hall–Kier alpha value is -1.20. The number of nitro groups is 1. The summed E-state index contributed by atoms with van der Waals surface area (Å²) in [5, 5.41) is 12.0. The Balaban J connectivity index is 2.58. The second-order valence-corrected chi connectivity index (χ2v) is 4.91. The Bertz CT molecular complexity index is 553. The largest absolute Gasteiger partial charge is 0.272 e. The van der Waals surface area contributed by atoms with Crippen LogP contribution in [-0.4, -0.2) is 9.91 Å². The van der Waals surface area contributed by atoms with E-state index >= 15 is 0 Å². The fourth-order valence-corrected chi connectivity index (χ4v) is 2.89. The summed E-state index contributed by atoms with van der Waals surface area (Å²) in [6, 6.07) is 2.87. The molecule has 0 bridgehead atoms. The first-order chi connectivity index (χ1) is 7.61. The fourth-order valence-electron chi connectivity index (χ4n) is 1.45. The van der Waals surface area contributed by atoms with Crippen LogP contribution in [0.5, 0.6) is 0 Å². The molecule has 0 atom stereocenters. The van der Waals surface area contributed by atoms with Crippen molar-refractivity contribution in [2.75, 3.05) is 0 Å². The van der Waals surface area contributed by atoms with Gasteiger partial charge in [0.05, 0.1) is 19.7 Å². The van der Waals surface area contributed by atoms with Crippen LogP contribution in [0.3, 0.4) is 0 Å². The molecule has 0 saturated carbocycles. The summed E-state index contributed by atoms with van der Waals surface area (Å²) in [6.45, 7) is 2.07. The van der Waals surface area contributed by atoms with E-state index in [9.17, 15) is 10.1 Å². The molecule has 16 heavy (non-hydrogen) atoms. The molecule has 1 aromatic heterocycles. The normalized spacial score (nSPS) is 10.9. The lowest BCUT2D eigenvalue weighted by Gasteiger charge is -1.93. The molecule has 2 rings (SSSR count). The van der Waals surface area contributed by atoms with Crippen molar-refractivity contribution >= 4 is 38.8 Å². The maximum absolute atomic E-state index is 10.7. The fraction of sp³-hybridized carbons (Fsp3) is 0.300. The van der Waals surface area contributed by atoms with E-state index in [2.05, 4.69) is 11.9 Å². The van der Waals surface area contributed by atoms with Crippen LogP contribution >= 0.6 is 22.9 Å². The van der Waals surface area contributed by atoms with Crippen LogP contribution in [0, 0.1) is 10.1 Å². The van der Waals surface area contributed by atoms with E-state index in [1.54, 1.807) is 0 Å². The summed E-state index contributed by atoms with van der Waals surface area (Å²) in [5.41, 5.74) is 0.685. The molecule has 0 radical (unpaired) electrons. The Morgan fingerprint density at radius 3 is 2.94 bits per heavy atom. The number of non-ortho nitro benzene ring substituents is 1. The molecule has 2 aromatic rings. The van der Waals surface area contributed by atoms with E-state index in [1.165, 1.54) is 23.5 Å². The van der Waals surface area contributed by atoms with Gasteiger partial charge >= 0.3 is 0 Å². The SMILES string of the molecule is CCCc1nc2c(Cl)cc([N+](=O)[O-])cc2s1. The zero-order valence-electron chi connectivity index (χ0n) is 8.57. The number of halogens is 1. The van der Waals surface area contributed by atoms with E-state index in [4.69, 9.17) is 11.6 Å². The summed E-state index contributed by atoms with van der Waals surface area (Å²) in [4.78, 5) is 14.6. The lowest BCUT2D eigenvalue weighted by atomic mass is 10.3. The molecule has 0 aliphatic carbocycles. The summed E-state index contributed by atoms with van der Waals surface area (Å²) >= 11 is 7.43. The average molecular weight is 257 g/mol. The van der Waals surface area contributed by atoms with Gasteiger partial charge in [-0.25, -0.2) is 4.98 Å². The molecule has 0 aliphatic rings. The highest BCUT2D eigenvalue weighted by Crippen LogP contribution is 2.32. The molecule has 0 fully saturated rings. The first kappa shape index (κ1) is 11.3. The third-order valence-corrected chi connectivity index (χ3v) is 3.50. The van der Waals surface area contributed by atoms with Gasteiger partial charge in [-0.05, 0) is 12.8 Å². The van der Waals surface area contributed by atoms with Crippen molar-refractivity contribution in [3.8, 4) is 0 Å². The lowest BCUT2D eigenvalue weighted by Crippen LogP contribution is -1.87. The van der Waals surface area contributed by atoms with Crippen LogP contribution < -0.4 is 0 Å². The molecule has 0 N–H and O–H groups in total. The highest BCUT2D eigenvalue weighted by molar-refractivity contribution is 7.18. The van der Waals surface area contributed by atoms with E-state index in [0.29, 0.717) is 10.5 Å². The summed E-state index contributed by atoms with van der Waals surface area (Å²) in [5.74, 6) is 0. The van der Waals surface area contributed by atoms with Gasteiger partial charge in [0.25, 0.3) is 5.69 Å². The third kappa shape index (κ3) is 2.01. The van der Waals surface area contributed by atoms with Crippen LogP contribution in [-0.2, 0) is 6.42 Å². The topological polar surface area (TPSA) is 56.0 Å². The van der Waals surface area contributed by atoms with Crippen molar-refractivity contribution in [1.29, 1.82) is 0 Å². The number of nitrogens with zero attached hydrogens (tertiary/aromatic N) is 2. The Kier molecular flexibility index (Phi) is 3.07. The number of fused-ring (bicyclic) bond motifs is 1.